The minimum atomic E-state index is 0.391. The first-order valence-electron chi connectivity index (χ1n) is 3.72. The van der Waals surface area contributed by atoms with Crippen molar-refractivity contribution in [2.24, 2.45) is 0 Å². The number of hydrogen-bond acceptors (Lipinski definition) is 0. The predicted octanol–water partition coefficient (Wildman–Crippen LogP) is 4.01. The minimum absolute atomic E-state index is 0.391. The smallest absolute Gasteiger partial charge is 0.0342 e. The molecule has 0 bridgehead atoms. The second-order valence-corrected chi connectivity index (χ2v) is 6.47. The molecule has 10 heavy (non-hydrogen) atoms. The van der Waals surface area contributed by atoms with Gasteiger partial charge >= 0.3 is 0 Å². The molecule has 0 aliphatic rings. The van der Waals surface area contributed by atoms with Gasteiger partial charge in [0.1, 0.15) is 0 Å². The molecule has 0 rings (SSSR count). The van der Waals surface area contributed by atoms with Crippen molar-refractivity contribution in [3.8, 4) is 0 Å². The van der Waals surface area contributed by atoms with Crippen LogP contribution >= 0.6 is 45.2 Å². The number of alkyl halides is 2. The zero-order chi connectivity index (χ0) is 8.20. The van der Waals surface area contributed by atoms with Gasteiger partial charge in [-0.25, -0.2) is 0 Å². The molecular formula is C8H15I2. The van der Waals surface area contributed by atoms with Crippen LogP contribution in [0.3, 0.4) is 0 Å². The lowest BCUT2D eigenvalue weighted by molar-refractivity contribution is 0.689. The van der Waals surface area contributed by atoms with Gasteiger partial charge < -0.3 is 0 Å². The summed E-state index contributed by atoms with van der Waals surface area (Å²) in [6.07, 6.45) is 4.84. The van der Waals surface area contributed by atoms with Crippen LogP contribution in [0.25, 0.3) is 0 Å². The summed E-state index contributed by atoms with van der Waals surface area (Å²) < 4.78 is 1.16. The van der Waals surface area contributed by atoms with E-state index in [-0.39, 0.29) is 0 Å². The highest BCUT2D eigenvalue weighted by atomic mass is 127. The average Bonchev–Trinajstić information content (AvgIpc) is 1.86. The Bertz CT molecular complexity index is 89.3. The van der Waals surface area contributed by atoms with Crippen molar-refractivity contribution < 1.29 is 0 Å². The van der Waals surface area contributed by atoms with Crippen molar-refractivity contribution in [1.82, 2.24) is 0 Å². The van der Waals surface area contributed by atoms with Gasteiger partial charge in [-0.05, 0) is 19.8 Å². The molecule has 0 fully saturated rings. The second-order valence-electron chi connectivity index (χ2n) is 2.64. The fraction of sp³-hybridized carbons (Fsp3) is 0.875. The van der Waals surface area contributed by atoms with E-state index in [0.717, 1.165) is 3.92 Å². The summed E-state index contributed by atoms with van der Waals surface area (Å²) in [5.41, 5.74) is 0. The van der Waals surface area contributed by atoms with Crippen LogP contribution in [0, 0.1) is 6.42 Å². The summed E-state index contributed by atoms with van der Waals surface area (Å²) in [4.78, 5) is 0. The maximum Gasteiger partial charge on any atom is 0.0342 e. The lowest BCUT2D eigenvalue weighted by atomic mass is 10.0. The van der Waals surface area contributed by atoms with E-state index >= 15 is 0 Å². The Labute approximate surface area is 91.8 Å². The third-order valence-electron chi connectivity index (χ3n) is 1.57. The van der Waals surface area contributed by atoms with E-state index in [9.17, 15) is 0 Å². The van der Waals surface area contributed by atoms with Gasteiger partial charge in [-0.15, -0.1) is 0 Å². The number of halogens is 2. The molecule has 0 aromatic heterocycles. The summed E-state index contributed by atoms with van der Waals surface area (Å²) in [6.45, 7) is 6.76. The molecule has 0 spiro atoms. The molecule has 0 saturated carbocycles. The average molecular weight is 365 g/mol. The summed E-state index contributed by atoms with van der Waals surface area (Å²) >= 11 is 5.07. The summed E-state index contributed by atoms with van der Waals surface area (Å²) in [7, 11) is 0. The highest BCUT2D eigenvalue weighted by Crippen LogP contribution is 2.34. The van der Waals surface area contributed by atoms with Crippen molar-refractivity contribution in [3.05, 3.63) is 6.42 Å². The molecule has 1 radical (unpaired) electrons. The molecule has 0 amide bonds. The van der Waals surface area contributed by atoms with E-state index in [1.54, 1.807) is 0 Å². The molecule has 0 aromatic carbocycles. The van der Waals surface area contributed by atoms with Crippen molar-refractivity contribution >= 4 is 45.2 Å². The fourth-order valence-corrected chi connectivity index (χ4v) is 2.06. The van der Waals surface area contributed by atoms with Crippen molar-refractivity contribution in [2.75, 3.05) is 0 Å². The van der Waals surface area contributed by atoms with Crippen LogP contribution in [-0.2, 0) is 0 Å². The van der Waals surface area contributed by atoms with Crippen LogP contribution in [0.4, 0.5) is 0 Å². The van der Waals surface area contributed by atoms with Crippen LogP contribution in [0.5, 0.6) is 0 Å². The van der Waals surface area contributed by atoms with E-state index in [1.165, 1.54) is 12.8 Å². The predicted molar refractivity (Wildman–Crippen MR) is 65.1 cm³/mol. The Kier molecular flexibility index (Phi) is 5.92. The first-order chi connectivity index (χ1) is 4.54. The lowest BCUT2D eigenvalue weighted by Gasteiger charge is -2.26. The minimum Gasteiger partial charge on any atom is -0.0812 e. The molecule has 61 valence electrons. The summed E-state index contributed by atoms with van der Waals surface area (Å²) in [5.74, 6) is 0. The van der Waals surface area contributed by atoms with Crippen LogP contribution in [0.2, 0.25) is 0 Å². The SMILES string of the molecule is CC[CH]C(C)(I)C(I)CC. The Morgan fingerprint density at radius 1 is 1.50 bits per heavy atom. The van der Waals surface area contributed by atoms with Gasteiger partial charge in [-0.3, -0.25) is 0 Å². The molecule has 0 N–H and O–H groups in total. The number of rotatable bonds is 4. The standard InChI is InChI=1S/C8H15I2/c1-4-6-8(3,10)7(9)5-2/h6-7H,4-5H2,1-3H3. The van der Waals surface area contributed by atoms with Gasteiger partial charge in [0, 0.05) is 7.35 Å². The molecule has 0 heterocycles. The molecule has 0 aliphatic carbocycles. The van der Waals surface area contributed by atoms with Gasteiger partial charge in [0.15, 0.2) is 0 Å². The van der Waals surface area contributed by atoms with E-state index in [2.05, 4.69) is 72.4 Å². The van der Waals surface area contributed by atoms with Crippen molar-refractivity contribution in [2.45, 2.75) is 41.0 Å². The molecule has 0 aliphatic heterocycles. The molecule has 0 saturated heterocycles. The first-order valence-corrected chi connectivity index (χ1v) is 6.04. The molecule has 0 aromatic rings. The van der Waals surface area contributed by atoms with Crippen LogP contribution in [-0.4, -0.2) is 7.35 Å². The van der Waals surface area contributed by atoms with Crippen LogP contribution in [0.1, 0.15) is 33.6 Å². The maximum absolute atomic E-state index is 2.54. The lowest BCUT2D eigenvalue weighted by Crippen LogP contribution is -2.27. The molecular weight excluding hydrogens is 350 g/mol. The zero-order valence-electron chi connectivity index (χ0n) is 6.82. The van der Waals surface area contributed by atoms with E-state index in [4.69, 9.17) is 0 Å². The van der Waals surface area contributed by atoms with Gasteiger partial charge in [-0.1, -0.05) is 65.5 Å². The van der Waals surface area contributed by atoms with E-state index < -0.39 is 0 Å². The molecule has 0 nitrogen and oxygen atoms in total. The largest absolute Gasteiger partial charge is 0.0812 e. The summed E-state index contributed by atoms with van der Waals surface area (Å²) in [5, 5.41) is 0. The van der Waals surface area contributed by atoms with Gasteiger partial charge in [-0.2, -0.15) is 0 Å². The molecule has 2 atom stereocenters. The normalized spacial score (nSPS) is 20.1. The highest BCUT2D eigenvalue weighted by molar-refractivity contribution is 14.1. The van der Waals surface area contributed by atoms with Gasteiger partial charge in [0.2, 0.25) is 0 Å². The Morgan fingerprint density at radius 3 is 2.30 bits per heavy atom. The monoisotopic (exact) mass is 365 g/mol. The van der Waals surface area contributed by atoms with Gasteiger partial charge in [0.05, 0.1) is 0 Å². The van der Waals surface area contributed by atoms with Crippen LogP contribution < -0.4 is 0 Å². The van der Waals surface area contributed by atoms with Gasteiger partial charge in [0.25, 0.3) is 0 Å². The third kappa shape index (κ3) is 3.74. The fourth-order valence-electron chi connectivity index (χ4n) is 0.926. The van der Waals surface area contributed by atoms with E-state index in [0.29, 0.717) is 3.42 Å². The van der Waals surface area contributed by atoms with Crippen LogP contribution in [0.15, 0.2) is 0 Å². The second kappa shape index (κ2) is 5.17. The molecule has 2 heteroatoms. The molecule has 2 unspecified atom stereocenters. The maximum atomic E-state index is 2.54. The zero-order valence-corrected chi connectivity index (χ0v) is 11.1. The van der Waals surface area contributed by atoms with Crippen molar-refractivity contribution in [1.29, 1.82) is 0 Å². The highest BCUT2D eigenvalue weighted by Gasteiger charge is 2.26. The summed E-state index contributed by atoms with van der Waals surface area (Å²) in [6, 6.07) is 0. The first kappa shape index (κ1) is 11.5. The van der Waals surface area contributed by atoms with E-state index in [1.807, 2.05) is 0 Å². The third-order valence-corrected chi connectivity index (χ3v) is 6.13. The Balaban J connectivity index is 3.82. The topological polar surface area (TPSA) is 0 Å². The quantitative estimate of drug-likeness (QED) is 0.522. The Morgan fingerprint density at radius 2 is 2.00 bits per heavy atom. The van der Waals surface area contributed by atoms with Crippen molar-refractivity contribution in [3.63, 3.8) is 0 Å². The number of hydrogen-bond donors (Lipinski definition) is 0. The Hall–Kier alpha value is 1.46.